The van der Waals surface area contributed by atoms with Gasteiger partial charge in [0.1, 0.15) is 24.2 Å². The summed E-state index contributed by atoms with van der Waals surface area (Å²) in [5.74, 6) is 6.31. The average Bonchev–Trinajstić information content (AvgIpc) is 3.27. The largest absolute Gasteiger partial charge is 0.497 e. The van der Waals surface area contributed by atoms with E-state index in [1.807, 2.05) is 0 Å². The van der Waals surface area contributed by atoms with Crippen molar-refractivity contribution in [3.8, 4) is 17.4 Å². The summed E-state index contributed by atoms with van der Waals surface area (Å²) >= 11 is 0. The number of nitrogens with zero attached hydrogens (tertiary/aromatic N) is 5. The molecule has 5 N–H and O–H groups in total. The van der Waals surface area contributed by atoms with Gasteiger partial charge in [0, 0.05) is 29.4 Å². The van der Waals surface area contributed by atoms with E-state index in [0.29, 0.717) is 22.3 Å². The maximum atomic E-state index is 13.2. The third kappa shape index (κ3) is 6.05. The predicted octanol–water partition coefficient (Wildman–Crippen LogP) is 3.91. The van der Waals surface area contributed by atoms with Crippen LogP contribution in [0.5, 0.6) is 17.4 Å². The molecule has 4 rings (SSSR count). The summed E-state index contributed by atoms with van der Waals surface area (Å²) in [5, 5.41) is 7.92. The van der Waals surface area contributed by atoms with Gasteiger partial charge in [-0.05, 0) is 36.4 Å². The van der Waals surface area contributed by atoms with E-state index >= 15 is 0 Å². The number of halogens is 3. The fraction of sp³-hybridized carbons (Fsp3) is 0.130. The van der Waals surface area contributed by atoms with Gasteiger partial charge in [0.15, 0.2) is 0 Å². The fourth-order valence-corrected chi connectivity index (χ4v) is 3.43. The van der Waals surface area contributed by atoms with Crippen molar-refractivity contribution in [1.29, 1.82) is 0 Å². The number of rotatable bonds is 7. The third-order valence-corrected chi connectivity index (χ3v) is 5.06. The SMILES string of the molecule is COc1cc(NC(=O)n2ccc3cc(Oc4cc(CN(N)/N=C\N)ncn4)ccc32)cc(C(F)(F)F)c1. The smallest absolute Gasteiger partial charge is 0.416 e. The zero-order valence-corrected chi connectivity index (χ0v) is 19.3. The molecule has 0 spiro atoms. The van der Waals surface area contributed by atoms with Crippen LogP contribution in [0.2, 0.25) is 0 Å². The number of ether oxygens (including phenoxy) is 2. The van der Waals surface area contributed by atoms with Crippen molar-refractivity contribution in [2.24, 2.45) is 16.7 Å². The molecule has 0 aliphatic carbocycles. The van der Waals surface area contributed by atoms with Gasteiger partial charge in [-0.15, -0.1) is 0 Å². The van der Waals surface area contributed by atoms with Crippen LogP contribution in [0.3, 0.4) is 0 Å². The number of hydrogen-bond donors (Lipinski definition) is 3. The molecule has 192 valence electrons. The van der Waals surface area contributed by atoms with E-state index in [0.717, 1.165) is 23.6 Å². The zero-order valence-electron chi connectivity index (χ0n) is 19.3. The van der Waals surface area contributed by atoms with E-state index in [1.165, 1.54) is 30.3 Å². The Morgan fingerprint density at radius 1 is 1.16 bits per heavy atom. The molecule has 37 heavy (non-hydrogen) atoms. The highest BCUT2D eigenvalue weighted by molar-refractivity contribution is 5.99. The van der Waals surface area contributed by atoms with Gasteiger partial charge >= 0.3 is 12.2 Å². The van der Waals surface area contributed by atoms with Crippen LogP contribution >= 0.6 is 0 Å². The molecule has 2 heterocycles. The molecule has 0 aliphatic rings. The number of amides is 1. The highest BCUT2D eigenvalue weighted by atomic mass is 19.4. The normalized spacial score (nSPS) is 11.6. The van der Waals surface area contributed by atoms with Crippen LogP contribution in [-0.4, -0.2) is 39.1 Å². The lowest BCUT2D eigenvalue weighted by molar-refractivity contribution is -0.137. The van der Waals surface area contributed by atoms with Crippen molar-refractivity contribution in [2.45, 2.75) is 12.7 Å². The van der Waals surface area contributed by atoms with Crippen LogP contribution in [0.4, 0.5) is 23.7 Å². The summed E-state index contributed by atoms with van der Waals surface area (Å²) in [6.07, 6.45) is -0.744. The minimum absolute atomic E-state index is 0.0385. The number of nitrogens with two attached hydrogens (primary N) is 2. The summed E-state index contributed by atoms with van der Waals surface area (Å²) < 4.78 is 51.6. The highest BCUT2D eigenvalue weighted by Crippen LogP contribution is 2.34. The Bertz CT molecular complexity index is 1450. The molecule has 0 radical (unpaired) electrons. The monoisotopic (exact) mass is 514 g/mol. The van der Waals surface area contributed by atoms with Crippen molar-refractivity contribution in [1.82, 2.24) is 19.7 Å². The number of aromatic nitrogens is 3. The lowest BCUT2D eigenvalue weighted by atomic mass is 10.2. The number of hydrazone groups is 1. The van der Waals surface area contributed by atoms with Gasteiger partial charge in [-0.25, -0.2) is 25.7 Å². The van der Waals surface area contributed by atoms with E-state index in [-0.39, 0.29) is 23.9 Å². The van der Waals surface area contributed by atoms with E-state index in [2.05, 4.69) is 20.4 Å². The summed E-state index contributed by atoms with van der Waals surface area (Å²) in [6, 6.07) is 10.5. The van der Waals surface area contributed by atoms with Gasteiger partial charge in [-0.1, -0.05) is 0 Å². The lowest BCUT2D eigenvalue weighted by Crippen LogP contribution is -2.25. The first-order chi connectivity index (χ1) is 17.7. The molecule has 1 amide bonds. The van der Waals surface area contributed by atoms with Crippen LogP contribution in [-0.2, 0) is 12.7 Å². The molecular weight excluding hydrogens is 493 g/mol. The highest BCUT2D eigenvalue weighted by Gasteiger charge is 2.31. The molecule has 2 aromatic carbocycles. The van der Waals surface area contributed by atoms with Crippen LogP contribution in [0.25, 0.3) is 10.9 Å². The van der Waals surface area contributed by atoms with Gasteiger partial charge in [-0.3, -0.25) is 4.57 Å². The lowest BCUT2D eigenvalue weighted by Gasteiger charge is -2.13. The topological polar surface area (TPSA) is 146 Å². The van der Waals surface area contributed by atoms with Gasteiger partial charge in [0.25, 0.3) is 0 Å². The number of benzene rings is 2. The van der Waals surface area contributed by atoms with Crippen LogP contribution in [0.15, 0.2) is 66.2 Å². The van der Waals surface area contributed by atoms with E-state index in [9.17, 15) is 18.0 Å². The van der Waals surface area contributed by atoms with Crippen molar-refractivity contribution in [3.63, 3.8) is 0 Å². The molecule has 0 unspecified atom stereocenters. The van der Waals surface area contributed by atoms with Crippen LogP contribution in [0.1, 0.15) is 11.3 Å². The first-order valence-electron chi connectivity index (χ1n) is 10.6. The third-order valence-electron chi connectivity index (χ3n) is 5.06. The molecule has 0 saturated heterocycles. The Hall–Kier alpha value is -4.85. The zero-order chi connectivity index (χ0) is 26.6. The second-order valence-electron chi connectivity index (χ2n) is 7.60. The summed E-state index contributed by atoms with van der Waals surface area (Å²) in [7, 11) is 1.24. The molecule has 4 aromatic rings. The molecule has 0 aliphatic heterocycles. The second-order valence-corrected chi connectivity index (χ2v) is 7.60. The Balaban J connectivity index is 1.52. The van der Waals surface area contributed by atoms with E-state index in [4.69, 9.17) is 21.1 Å². The van der Waals surface area contributed by atoms with Crippen molar-refractivity contribution >= 4 is 29.0 Å². The maximum Gasteiger partial charge on any atom is 0.416 e. The first kappa shape index (κ1) is 25.2. The van der Waals surface area contributed by atoms with Gasteiger partial charge in [0.05, 0.1) is 30.4 Å². The standard InChI is InChI=1S/C23H21F3N8O3/c1-36-19-8-15(23(24,25)26)7-16(9-19)32-22(35)33-5-4-14-6-18(2-3-20(14)33)37-21-10-17(29-13-30-21)11-34(28)31-12-27/h2-10,12-13H,11,28H2,1H3,(H2,27,31)(H,32,35). The fourth-order valence-electron chi connectivity index (χ4n) is 3.43. The number of nitrogens with one attached hydrogen (secondary N) is 1. The molecular formula is C23H21F3N8O3. The van der Waals surface area contributed by atoms with Crippen molar-refractivity contribution in [3.05, 3.63) is 72.3 Å². The molecule has 0 bridgehead atoms. The molecule has 0 saturated carbocycles. The number of alkyl halides is 3. The van der Waals surface area contributed by atoms with Gasteiger partial charge in [0.2, 0.25) is 5.88 Å². The summed E-state index contributed by atoms with van der Waals surface area (Å²) in [4.78, 5) is 21.0. The number of hydrogen-bond acceptors (Lipinski definition) is 8. The number of anilines is 1. The number of carbonyl (C=O) groups excluding carboxylic acids is 1. The molecule has 14 heteroatoms. The van der Waals surface area contributed by atoms with Crippen LogP contribution in [0, 0.1) is 0 Å². The second kappa shape index (κ2) is 10.4. The van der Waals surface area contributed by atoms with E-state index in [1.54, 1.807) is 30.3 Å². The number of carbonyl (C=O) groups is 1. The maximum absolute atomic E-state index is 13.2. The molecule has 2 aromatic heterocycles. The van der Waals surface area contributed by atoms with Crippen molar-refractivity contribution < 1.29 is 27.4 Å². The van der Waals surface area contributed by atoms with E-state index < -0.39 is 17.8 Å². The first-order valence-corrected chi connectivity index (χ1v) is 10.6. The van der Waals surface area contributed by atoms with Gasteiger partial charge < -0.3 is 20.5 Å². The molecule has 11 nitrogen and oxygen atoms in total. The Kier molecular flexibility index (Phi) is 7.11. The minimum atomic E-state index is -4.60. The van der Waals surface area contributed by atoms with Crippen LogP contribution < -0.4 is 26.4 Å². The Morgan fingerprint density at radius 3 is 2.70 bits per heavy atom. The average molecular weight is 514 g/mol. The number of fused-ring (bicyclic) bond motifs is 1. The number of hydrazine groups is 1. The minimum Gasteiger partial charge on any atom is -0.497 e. The van der Waals surface area contributed by atoms with Gasteiger partial charge in [-0.2, -0.15) is 18.3 Å². The summed E-state index contributed by atoms with van der Waals surface area (Å²) in [5.41, 5.74) is 5.24. The number of methoxy groups -OCH3 is 1. The van der Waals surface area contributed by atoms with Crippen molar-refractivity contribution in [2.75, 3.05) is 12.4 Å². The Labute approximate surface area is 208 Å². The Morgan fingerprint density at radius 2 is 1.97 bits per heavy atom. The molecule has 0 fully saturated rings. The quantitative estimate of drug-likeness (QED) is 0.146. The molecule has 0 atom stereocenters. The summed E-state index contributed by atoms with van der Waals surface area (Å²) in [6.45, 7) is 0.168. The predicted molar refractivity (Wildman–Crippen MR) is 129 cm³/mol.